The molecule has 0 radical (unpaired) electrons. The van der Waals surface area contributed by atoms with E-state index in [1.54, 1.807) is 11.0 Å². The van der Waals surface area contributed by atoms with Gasteiger partial charge in [0.05, 0.1) is 11.7 Å². The summed E-state index contributed by atoms with van der Waals surface area (Å²) >= 11 is 2.03. The fourth-order valence-electron chi connectivity index (χ4n) is 1.84. The fraction of sp³-hybridized carbons (Fsp3) is 0.364. The van der Waals surface area contributed by atoms with E-state index in [4.69, 9.17) is 5.73 Å². The van der Waals surface area contributed by atoms with Crippen LogP contribution in [0.25, 0.3) is 0 Å². The van der Waals surface area contributed by atoms with Crippen LogP contribution in [0.15, 0.2) is 18.2 Å². The monoisotopic (exact) mass is 334 g/mol. The van der Waals surface area contributed by atoms with Gasteiger partial charge in [0.1, 0.15) is 5.82 Å². The highest BCUT2D eigenvalue weighted by atomic mass is 127. The summed E-state index contributed by atoms with van der Waals surface area (Å²) in [7, 11) is 0. The number of piperidine rings is 1. The van der Waals surface area contributed by atoms with Crippen molar-refractivity contribution in [2.24, 2.45) is 5.73 Å². The predicted octanol–water partition coefficient (Wildman–Crippen LogP) is 1.88. The van der Waals surface area contributed by atoms with Gasteiger partial charge in [-0.3, -0.25) is 4.79 Å². The highest BCUT2D eigenvalue weighted by molar-refractivity contribution is 14.1. The van der Waals surface area contributed by atoms with Crippen LogP contribution in [0, 0.1) is 9.39 Å². The van der Waals surface area contributed by atoms with Crippen LogP contribution in [0.5, 0.6) is 0 Å². The Kier molecular flexibility index (Phi) is 3.44. The maximum absolute atomic E-state index is 13.0. The van der Waals surface area contributed by atoms with Crippen LogP contribution in [-0.4, -0.2) is 18.5 Å². The van der Waals surface area contributed by atoms with Crippen molar-refractivity contribution in [1.82, 2.24) is 0 Å². The third-order valence-corrected chi connectivity index (χ3v) is 3.54. The molecule has 1 aliphatic rings. The number of nitrogens with two attached hydrogens (primary N) is 1. The number of nitrogens with zero attached hydrogens (tertiary/aromatic N) is 1. The number of anilines is 1. The molecule has 16 heavy (non-hydrogen) atoms. The molecular formula is C11H12FIN2O. The third-order valence-electron chi connectivity index (χ3n) is 2.68. The lowest BCUT2D eigenvalue weighted by Crippen LogP contribution is -2.48. The van der Waals surface area contributed by atoms with Gasteiger partial charge in [0.15, 0.2) is 0 Å². The lowest BCUT2D eigenvalue weighted by Gasteiger charge is -2.31. The third kappa shape index (κ3) is 2.20. The van der Waals surface area contributed by atoms with Gasteiger partial charge in [-0.1, -0.05) is 0 Å². The van der Waals surface area contributed by atoms with E-state index in [-0.39, 0.29) is 11.7 Å². The van der Waals surface area contributed by atoms with Gasteiger partial charge in [-0.05, 0) is 53.6 Å². The quantitative estimate of drug-likeness (QED) is 0.798. The van der Waals surface area contributed by atoms with Crippen LogP contribution in [0.2, 0.25) is 0 Å². The number of amides is 1. The zero-order valence-corrected chi connectivity index (χ0v) is 10.8. The summed E-state index contributed by atoms with van der Waals surface area (Å²) in [5.74, 6) is -0.363. The molecule has 1 fully saturated rings. The van der Waals surface area contributed by atoms with E-state index in [2.05, 4.69) is 0 Å². The number of benzene rings is 1. The van der Waals surface area contributed by atoms with Gasteiger partial charge >= 0.3 is 0 Å². The molecule has 1 unspecified atom stereocenters. The molecule has 0 saturated carbocycles. The standard InChI is InChI=1S/C11H12FIN2O/c12-7-3-4-10(8(13)6-7)15-5-1-2-9(14)11(15)16/h3-4,6,9H,1-2,5,14H2. The van der Waals surface area contributed by atoms with E-state index in [1.807, 2.05) is 22.6 Å². The molecule has 2 rings (SSSR count). The minimum atomic E-state index is -0.422. The van der Waals surface area contributed by atoms with Crippen LogP contribution in [0.4, 0.5) is 10.1 Å². The Bertz CT molecular complexity index is 424. The molecule has 1 aromatic rings. The van der Waals surface area contributed by atoms with Gasteiger partial charge in [0.25, 0.3) is 0 Å². The highest BCUT2D eigenvalue weighted by Gasteiger charge is 2.27. The summed E-state index contributed by atoms with van der Waals surface area (Å²) in [6.45, 7) is 0.661. The lowest BCUT2D eigenvalue weighted by molar-refractivity contribution is -0.120. The molecular weight excluding hydrogens is 322 g/mol. The van der Waals surface area contributed by atoms with Gasteiger partial charge in [-0.25, -0.2) is 4.39 Å². The van der Waals surface area contributed by atoms with Crippen molar-refractivity contribution < 1.29 is 9.18 Å². The fourth-order valence-corrected chi connectivity index (χ4v) is 2.61. The minimum absolute atomic E-state index is 0.0734. The normalized spacial score (nSPS) is 21.3. The molecule has 1 amide bonds. The molecule has 5 heteroatoms. The van der Waals surface area contributed by atoms with Crippen LogP contribution in [0.3, 0.4) is 0 Å². The van der Waals surface area contributed by atoms with Crippen LogP contribution < -0.4 is 10.6 Å². The summed E-state index contributed by atoms with van der Waals surface area (Å²) in [4.78, 5) is 13.5. The van der Waals surface area contributed by atoms with Crippen molar-refractivity contribution in [3.05, 3.63) is 27.6 Å². The van der Waals surface area contributed by atoms with Crippen molar-refractivity contribution in [2.75, 3.05) is 11.4 Å². The number of hydrogen-bond acceptors (Lipinski definition) is 2. The molecule has 1 atom stereocenters. The molecule has 1 saturated heterocycles. The molecule has 1 heterocycles. The molecule has 2 N–H and O–H groups in total. The van der Waals surface area contributed by atoms with E-state index in [1.165, 1.54) is 12.1 Å². The smallest absolute Gasteiger partial charge is 0.243 e. The number of carbonyl (C=O) groups is 1. The van der Waals surface area contributed by atoms with Crippen LogP contribution in [0.1, 0.15) is 12.8 Å². The molecule has 0 bridgehead atoms. The van der Waals surface area contributed by atoms with Crippen molar-refractivity contribution in [3.63, 3.8) is 0 Å². The Balaban J connectivity index is 2.32. The number of rotatable bonds is 1. The first kappa shape index (κ1) is 11.8. The molecule has 3 nitrogen and oxygen atoms in total. The molecule has 86 valence electrons. The van der Waals surface area contributed by atoms with Crippen LogP contribution in [-0.2, 0) is 4.79 Å². The number of carbonyl (C=O) groups excluding carboxylic acids is 1. The van der Waals surface area contributed by atoms with Gasteiger partial charge in [-0.15, -0.1) is 0 Å². The summed E-state index contributed by atoms with van der Waals surface area (Å²) in [6.07, 6.45) is 1.62. The summed E-state index contributed by atoms with van der Waals surface area (Å²) in [5.41, 5.74) is 6.47. The average molecular weight is 334 g/mol. The van der Waals surface area contributed by atoms with Crippen molar-refractivity contribution in [1.29, 1.82) is 0 Å². The molecule has 0 aromatic heterocycles. The predicted molar refractivity (Wildman–Crippen MR) is 68.7 cm³/mol. The van der Waals surface area contributed by atoms with Crippen molar-refractivity contribution in [3.8, 4) is 0 Å². The summed E-state index contributed by atoms with van der Waals surface area (Å²) in [5, 5.41) is 0. The molecule has 1 aromatic carbocycles. The zero-order chi connectivity index (χ0) is 11.7. The second-order valence-corrected chi connectivity index (χ2v) is 5.00. The topological polar surface area (TPSA) is 46.3 Å². The maximum atomic E-state index is 13.0. The van der Waals surface area contributed by atoms with E-state index in [9.17, 15) is 9.18 Å². The Hall–Kier alpha value is -0.690. The largest absolute Gasteiger partial charge is 0.320 e. The first-order valence-electron chi connectivity index (χ1n) is 5.11. The minimum Gasteiger partial charge on any atom is -0.320 e. The average Bonchev–Trinajstić information content (AvgIpc) is 2.23. The van der Waals surface area contributed by atoms with Gasteiger partial charge in [-0.2, -0.15) is 0 Å². The van der Waals surface area contributed by atoms with E-state index in [0.29, 0.717) is 6.54 Å². The van der Waals surface area contributed by atoms with Gasteiger partial charge in [0.2, 0.25) is 5.91 Å². The summed E-state index contributed by atoms with van der Waals surface area (Å²) < 4.78 is 13.7. The van der Waals surface area contributed by atoms with Gasteiger partial charge < -0.3 is 10.6 Å². The molecule has 0 aliphatic carbocycles. The van der Waals surface area contributed by atoms with E-state index in [0.717, 1.165) is 22.1 Å². The van der Waals surface area contributed by atoms with Crippen molar-refractivity contribution >= 4 is 34.2 Å². The summed E-state index contributed by atoms with van der Waals surface area (Å²) in [6, 6.07) is 4.00. The molecule has 1 aliphatic heterocycles. The lowest BCUT2D eigenvalue weighted by atomic mass is 10.0. The molecule has 0 spiro atoms. The first-order chi connectivity index (χ1) is 7.59. The highest BCUT2D eigenvalue weighted by Crippen LogP contribution is 2.26. The second-order valence-electron chi connectivity index (χ2n) is 3.83. The second kappa shape index (κ2) is 4.67. The maximum Gasteiger partial charge on any atom is 0.243 e. The Morgan fingerprint density at radius 1 is 1.50 bits per heavy atom. The van der Waals surface area contributed by atoms with Crippen LogP contribution >= 0.6 is 22.6 Å². The Labute approximate surface area is 107 Å². The Morgan fingerprint density at radius 2 is 2.25 bits per heavy atom. The van der Waals surface area contributed by atoms with Crippen molar-refractivity contribution in [2.45, 2.75) is 18.9 Å². The SMILES string of the molecule is NC1CCCN(c2ccc(F)cc2I)C1=O. The number of halogens is 2. The van der Waals surface area contributed by atoms with Gasteiger partial charge in [0, 0.05) is 10.1 Å². The zero-order valence-electron chi connectivity index (χ0n) is 8.62. The van der Waals surface area contributed by atoms with E-state index >= 15 is 0 Å². The number of hydrogen-bond donors (Lipinski definition) is 1. The Morgan fingerprint density at radius 3 is 2.94 bits per heavy atom. The first-order valence-corrected chi connectivity index (χ1v) is 6.19. The van der Waals surface area contributed by atoms with E-state index < -0.39 is 6.04 Å².